The fourth-order valence-corrected chi connectivity index (χ4v) is 2.18. The first kappa shape index (κ1) is 14.4. The van der Waals surface area contributed by atoms with Crippen molar-refractivity contribution >= 4 is 23.0 Å². The zero-order valence-corrected chi connectivity index (χ0v) is 12.2. The smallest absolute Gasteiger partial charge is 0.101 e. The molecule has 0 saturated heterocycles. The van der Waals surface area contributed by atoms with E-state index >= 15 is 0 Å². The van der Waals surface area contributed by atoms with Gasteiger partial charge in [0.25, 0.3) is 0 Å². The summed E-state index contributed by atoms with van der Waals surface area (Å²) in [6, 6.07) is 15.8. The van der Waals surface area contributed by atoms with Crippen molar-refractivity contribution in [3.8, 4) is 6.07 Å². The summed E-state index contributed by atoms with van der Waals surface area (Å²) in [7, 11) is 0. The molecule has 0 fully saturated rings. The van der Waals surface area contributed by atoms with Gasteiger partial charge in [0.15, 0.2) is 0 Å². The molecule has 0 aliphatic carbocycles. The first-order valence-corrected chi connectivity index (χ1v) is 7.16. The van der Waals surface area contributed by atoms with E-state index < -0.39 is 0 Å². The zero-order chi connectivity index (χ0) is 14.4. The number of nitrogens with zero attached hydrogens (tertiary/aromatic N) is 1. The quantitative estimate of drug-likeness (QED) is 0.809. The maximum absolute atomic E-state index is 9.11. The van der Waals surface area contributed by atoms with Gasteiger partial charge in [0.1, 0.15) is 6.07 Å². The summed E-state index contributed by atoms with van der Waals surface area (Å²) in [5.74, 6) is 0. The predicted molar refractivity (Wildman–Crippen MR) is 84.5 cm³/mol. The predicted octanol–water partition coefficient (Wildman–Crippen LogP) is 5.30. The minimum Gasteiger partial charge on any atom is -0.354 e. The Kier molecular flexibility index (Phi) is 5.03. The van der Waals surface area contributed by atoms with E-state index in [1.807, 2.05) is 18.2 Å². The number of rotatable bonds is 5. The number of hydrogen-bond donors (Lipinski definition) is 1. The van der Waals surface area contributed by atoms with E-state index in [1.54, 1.807) is 12.1 Å². The molecule has 3 heteroatoms. The monoisotopic (exact) mass is 284 g/mol. The van der Waals surface area contributed by atoms with Crippen LogP contribution in [0.2, 0.25) is 5.02 Å². The van der Waals surface area contributed by atoms with Crippen LogP contribution in [0, 0.1) is 11.3 Å². The van der Waals surface area contributed by atoms with Crippen molar-refractivity contribution in [2.45, 2.75) is 26.2 Å². The van der Waals surface area contributed by atoms with Crippen LogP contribution in [-0.4, -0.2) is 0 Å². The Labute approximate surface area is 125 Å². The molecule has 0 aliphatic heterocycles. The number of hydrogen-bond acceptors (Lipinski definition) is 2. The van der Waals surface area contributed by atoms with E-state index in [0.29, 0.717) is 10.6 Å². The number of benzene rings is 2. The molecule has 2 aromatic carbocycles. The van der Waals surface area contributed by atoms with Gasteiger partial charge in [-0.2, -0.15) is 5.26 Å². The highest BCUT2D eigenvalue weighted by Crippen LogP contribution is 2.24. The Morgan fingerprint density at radius 1 is 1.15 bits per heavy atom. The van der Waals surface area contributed by atoms with Gasteiger partial charge in [0.05, 0.1) is 11.3 Å². The second-order valence-corrected chi connectivity index (χ2v) is 5.16. The summed E-state index contributed by atoms with van der Waals surface area (Å²) in [5, 5.41) is 12.9. The maximum Gasteiger partial charge on any atom is 0.101 e. The van der Waals surface area contributed by atoms with Crippen molar-refractivity contribution in [2.75, 3.05) is 5.32 Å². The third kappa shape index (κ3) is 3.76. The van der Waals surface area contributed by atoms with Crippen LogP contribution in [0.15, 0.2) is 42.5 Å². The Morgan fingerprint density at radius 3 is 2.55 bits per heavy atom. The molecule has 0 saturated carbocycles. The van der Waals surface area contributed by atoms with Gasteiger partial charge in [-0.05, 0) is 48.7 Å². The number of unbranched alkanes of at least 4 members (excludes halogenated alkanes) is 1. The molecule has 102 valence electrons. The van der Waals surface area contributed by atoms with Gasteiger partial charge in [-0.3, -0.25) is 0 Å². The number of aryl methyl sites for hydroxylation is 1. The van der Waals surface area contributed by atoms with E-state index in [0.717, 1.165) is 17.8 Å². The summed E-state index contributed by atoms with van der Waals surface area (Å²) in [5.41, 5.74) is 3.64. The molecule has 20 heavy (non-hydrogen) atoms. The van der Waals surface area contributed by atoms with Gasteiger partial charge in [-0.15, -0.1) is 0 Å². The molecule has 1 N–H and O–H groups in total. The second-order valence-electron chi connectivity index (χ2n) is 4.73. The van der Waals surface area contributed by atoms with Gasteiger partial charge in [0.2, 0.25) is 0 Å². The zero-order valence-electron chi connectivity index (χ0n) is 11.5. The van der Waals surface area contributed by atoms with Gasteiger partial charge >= 0.3 is 0 Å². The minimum atomic E-state index is 0.549. The number of nitriles is 1. The standard InChI is InChI=1S/C17H17ClN2/c1-2-3-4-13-5-8-16(9-6-13)20-17-10-7-15(18)11-14(17)12-19/h5-11,20H,2-4H2,1H3. The third-order valence-electron chi connectivity index (χ3n) is 3.15. The van der Waals surface area contributed by atoms with Crippen LogP contribution in [-0.2, 0) is 6.42 Å². The second kappa shape index (κ2) is 6.98. The van der Waals surface area contributed by atoms with Crippen molar-refractivity contribution in [1.29, 1.82) is 5.26 Å². The molecule has 0 aromatic heterocycles. The molecule has 0 bridgehead atoms. The van der Waals surface area contributed by atoms with Crippen LogP contribution < -0.4 is 5.32 Å². The van der Waals surface area contributed by atoms with Crippen molar-refractivity contribution in [3.63, 3.8) is 0 Å². The summed E-state index contributed by atoms with van der Waals surface area (Å²) >= 11 is 5.89. The Hall–Kier alpha value is -1.98. The fourth-order valence-electron chi connectivity index (χ4n) is 2.01. The molecule has 0 radical (unpaired) electrons. The average molecular weight is 285 g/mol. The summed E-state index contributed by atoms with van der Waals surface area (Å²) in [6.07, 6.45) is 3.53. The molecule has 2 aromatic rings. The molecular weight excluding hydrogens is 268 g/mol. The average Bonchev–Trinajstić information content (AvgIpc) is 2.48. The van der Waals surface area contributed by atoms with Crippen LogP contribution in [0.25, 0.3) is 0 Å². The molecular formula is C17H17ClN2. The van der Waals surface area contributed by atoms with Crippen LogP contribution >= 0.6 is 11.6 Å². The summed E-state index contributed by atoms with van der Waals surface area (Å²) < 4.78 is 0. The summed E-state index contributed by atoms with van der Waals surface area (Å²) in [4.78, 5) is 0. The lowest BCUT2D eigenvalue weighted by Crippen LogP contribution is -1.94. The highest BCUT2D eigenvalue weighted by Gasteiger charge is 2.03. The lowest BCUT2D eigenvalue weighted by Gasteiger charge is -2.09. The minimum absolute atomic E-state index is 0.549. The molecule has 2 rings (SSSR count). The van der Waals surface area contributed by atoms with Crippen LogP contribution in [0.5, 0.6) is 0 Å². The van der Waals surface area contributed by atoms with Crippen LogP contribution in [0.1, 0.15) is 30.9 Å². The van der Waals surface area contributed by atoms with Gasteiger partial charge in [-0.1, -0.05) is 37.1 Å². The van der Waals surface area contributed by atoms with E-state index in [1.165, 1.54) is 18.4 Å². The normalized spacial score (nSPS) is 10.1. The lowest BCUT2D eigenvalue weighted by atomic mass is 10.1. The lowest BCUT2D eigenvalue weighted by molar-refractivity contribution is 0.795. The molecule has 0 aliphatic rings. The number of halogens is 1. The number of nitrogens with one attached hydrogen (secondary N) is 1. The van der Waals surface area contributed by atoms with E-state index in [-0.39, 0.29) is 0 Å². The molecule has 0 unspecified atom stereocenters. The molecule has 0 amide bonds. The van der Waals surface area contributed by atoms with Gasteiger partial charge in [0, 0.05) is 10.7 Å². The first-order valence-electron chi connectivity index (χ1n) is 6.78. The van der Waals surface area contributed by atoms with Crippen molar-refractivity contribution < 1.29 is 0 Å². The topological polar surface area (TPSA) is 35.8 Å². The SMILES string of the molecule is CCCCc1ccc(Nc2ccc(Cl)cc2C#N)cc1. The maximum atomic E-state index is 9.11. The van der Waals surface area contributed by atoms with Crippen molar-refractivity contribution in [3.05, 3.63) is 58.6 Å². The van der Waals surface area contributed by atoms with Gasteiger partial charge in [-0.25, -0.2) is 0 Å². The Bertz CT molecular complexity index is 612. The molecule has 0 spiro atoms. The van der Waals surface area contributed by atoms with E-state index in [2.05, 4.69) is 30.4 Å². The van der Waals surface area contributed by atoms with Gasteiger partial charge < -0.3 is 5.32 Å². The highest BCUT2D eigenvalue weighted by atomic mass is 35.5. The first-order chi connectivity index (χ1) is 9.72. The van der Waals surface area contributed by atoms with E-state index in [9.17, 15) is 0 Å². The Morgan fingerprint density at radius 2 is 1.90 bits per heavy atom. The summed E-state index contributed by atoms with van der Waals surface area (Å²) in [6.45, 7) is 2.19. The molecule has 0 heterocycles. The van der Waals surface area contributed by atoms with Crippen LogP contribution in [0.3, 0.4) is 0 Å². The van der Waals surface area contributed by atoms with Crippen molar-refractivity contribution in [2.24, 2.45) is 0 Å². The highest BCUT2D eigenvalue weighted by molar-refractivity contribution is 6.30. The van der Waals surface area contributed by atoms with Crippen LogP contribution in [0.4, 0.5) is 11.4 Å². The van der Waals surface area contributed by atoms with E-state index in [4.69, 9.17) is 16.9 Å². The van der Waals surface area contributed by atoms with Crippen molar-refractivity contribution in [1.82, 2.24) is 0 Å². The number of anilines is 2. The largest absolute Gasteiger partial charge is 0.354 e. The third-order valence-corrected chi connectivity index (χ3v) is 3.39. The molecule has 0 atom stereocenters. The molecule has 2 nitrogen and oxygen atoms in total. The fraction of sp³-hybridized carbons (Fsp3) is 0.235. The Balaban J connectivity index is 2.12.